The van der Waals surface area contributed by atoms with Crippen LogP contribution in [0.4, 0.5) is 4.39 Å². The van der Waals surface area contributed by atoms with Crippen LogP contribution in [0.1, 0.15) is 18.5 Å². The lowest BCUT2D eigenvalue weighted by Crippen LogP contribution is -2.05. The number of benzene rings is 1. The maximum Gasteiger partial charge on any atom is 0.219 e. The number of nitrogens with zero attached hydrogens (tertiary/aromatic N) is 1. The summed E-state index contributed by atoms with van der Waals surface area (Å²) in [5.41, 5.74) is 6.61. The molecule has 1 aromatic heterocycles. The summed E-state index contributed by atoms with van der Waals surface area (Å²) in [4.78, 5) is 4.07. The molecule has 0 amide bonds. The van der Waals surface area contributed by atoms with Crippen molar-refractivity contribution < 1.29 is 9.13 Å². The lowest BCUT2D eigenvalue weighted by Gasteiger charge is -2.07. The molecule has 3 nitrogen and oxygen atoms in total. The number of rotatable bonds is 3. The Kier molecular flexibility index (Phi) is 3.35. The van der Waals surface area contributed by atoms with Crippen molar-refractivity contribution in [1.82, 2.24) is 4.98 Å². The van der Waals surface area contributed by atoms with Gasteiger partial charge in [0.1, 0.15) is 0 Å². The third-order valence-corrected chi connectivity index (χ3v) is 2.34. The molecule has 2 N–H and O–H groups in total. The van der Waals surface area contributed by atoms with Crippen LogP contribution in [0.3, 0.4) is 0 Å². The molecule has 1 atom stereocenters. The average Bonchev–Trinajstić information content (AvgIpc) is 2.33. The Labute approximate surface area is 99.1 Å². The molecule has 1 heterocycles. The second kappa shape index (κ2) is 4.93. The van der Waals surface area contributed by atoms with E-state index in [0.717, 1.165) is 5.56 Å². The number of aromatic nitrogens is 1. The SMILES string of the molecule is C[C@@H](N)c1ccc(Oc2ccccc2F)nc1. The summed E-state index contributed by atoms with van der Waals surface area (Å²) in [6.07, 6.45) is 1.63. The standard InChI is InChI=1S/C13H13FN2O/c1-9(15)10-6-7-13(16-8-10)17-12-5-3-2-4-11(12)14/h2-9H,15H2,1H3/t9-/m1/s1. The maximum absolute atomic E-state index is 13.3. The van der Waals surface area contributed by atoms with Crippen LogP contribution in [-0.4, -0.2) is 4.98 Å². The van der Waals surface area contributed by atoms with Gasteiger partial charge in [-0.05, 0) is 24.6 Å². The molecule has 0 spiro atoms. The predicted octanol–water partition coefficient (Wildman–Crippen LogP) is 3.03. The summed E-state index contributed by atoms with van der Waals surface area (Å²) >= 11 is 0. The Bertz CT molecular complexity index is 497. The minimum atomic E-state index is -0.412. The minimum absolute atomic E-state index is 0.0787. The van der Waals surface area contributed by atoms with Crippen LogP contribution in [0.15, 0.2) is 42.6 Å². The van der Waals surface area contributed by atoms with Crippen LogP contribution in [-0.2, 0) is 0 Å². The molecule has 17 heavy (non-hydrogen) atoms. The second-order valence-corrected chi connectivity index (χ2v) is 3.75. The fourth-order valence-electron chi connectivity index (χ4n) is 1.36. The van der Waals surface area contributed by atoms with E-state index in [1.807, 2.05) is 13.0 Å². The minimum Gasteiger partial charge on any atom is -0.436 e. The van der Waals surface area contributed by atoms with Crippen LogP contribution in [0.25, 0.3) is 0 Å². The van der Waals surface area contributed by atoms with Crippen molar-refractivity contribution in [2.24, 2.45) is 5.73 Å². The third kappa shape index (κ3) is 2.79. The zero-order valence-electron chi connectivity index (χ0n) is 9.43. The maximum atomic E-state index is 13.3. The van der Waals surface area contributed by atoms with Crippen molar-refractivity contribution in [3.05, 3.63) is 54.0 Å². The van der Waals surface area contributed by atoms with E-state index in [9.17, 15) is 4.39 Å². The molecule has 1 aromatic carbocycles. The number of para-hydroxylation sites is 1. The summed E-state index contributed by atoms with van der Waals surface area (Å²) in [5, 5.41) is 0. The monoisotopic (exact) mass is 232 g/mol. The zero-order valence-corrected chi connectivity index (χ0v) is 9.43. The lowest BCUT2D eigenvalue weighted by molar-refractivity contribution is 0.427. The number of halogens is 1. The Morgan fingerprint density at radius 3 is 2.59 bits per heavy atom. The molecule has 0 aliphatic carbocycles. The quantitative estimate of drug-likeness (QED) is 0.884. The predicted molar refractivity (Wildman–Crippen MR) is 63.3 cm³/mol. The lowest BCUT2D eigenvalue weighted by atomic mass is 10.2. The molecule has 0 radical (unpaired) electrons. The van der Waals surface area contributed by atoms with Gasteiger partial charge in [0.2, 0.25) is 5.88 Å². The molecule has 2 rings (SSSR count). The molecule has 0 aliphatic heterocycles. The Balaban J connectivity index is 2.17. The zero-order chi connectivity index (χ0) is 12.3. The van der Waals surface area contributed by atoms with Crippen molar-refractivity contribution >= 4 is 0 Å². The third-order valence-electron chi connectivity index (χ3n) is 2.34. The number of hydrogen-bond acceptors (Lipinski definition) is 3. The van der Waals surface area contributed by atoms with Gasteiger partial charge in [-0.1, -0.05) is 18.2 Å². The van der Waals surface area contributed by atoms with E-state index >= 15 is 0 Å². The Morgan fingerprint density at radius 2 is 2.00 bits per heavy atom. The van der Waals surface area contributed by atoms with E-state index in [1.165, 1.54) is 6.07 Å². The van der Waals surface area contributed by atoms with Gasteiger partial charge in [-0.3, -0.25) is 0 Å². The second-order valence-electron chi connectivity index (χ2n) is 3.75. The van der Waals surface area contributed by atoms with Gasteiger partial charge in [-0.15, -0.1) is 0 Å². The molecule has 0 fully saturated rings. The summed E-state index contributed by atoms with van der Waals surface area (Å²) in [6.45, 7) is 1.87. The van der Waals surface area contributed by atoms with Gasteiger partial charge >= 0.3 is 0 Å². The highest BCUT2D eigenvalue weighted by molar-refractivity contribution is 5.29. The van der Waals surface area contributed by atoms with Gasteiger partial charge in [-0.25, -0.2) is 9.37 Å². The molecule has 0 bridgehead atoms. The van der Waals surface area contributed by atoms with E-state index < -0.39 is 5.82 Å². The first-order valence-corrected chi connectivity index (χ1v) is 5.31. The normalized spacial score (nSPS) is 12.2. The van der Waals surface area contributed by atoms with E-state index in [4.69, 9.17) is 10.5 Å². The van der Waals surface area contributed by atoms with E-state index in [1.54, 1.807) is 30.5 Å². The first-order chi connectivity index (χ1) is 8.16. The van der Waals surface area contributed by atoms with E-state index in [2.05, 4.69) is 4.98 Å². The average molecular weight is 232 g/mol. The van der Waals surface area contributed by atoms with Gasteiger partial charge in [0.15, 0.2) is 11.6 Å². The smallest absolute Gasteiger partial charge is 0.219 e. The molecule has 0 unspecified atom stereocenters. The van der Waals surface area contributed by atoms with Crippen LogP contribution < -0.4 is 10.5 Å². The topological polar surface area (TPSA) is 48.1 Å². The van der Waals surface area contributed by atoms with Crippen molar-refractivity contribution in [2.45, 2.75) is 13.0 Å². The molecular weight excluding hydrogens is 219 g/mol. The van der Waals surface area contributed by atoms with Crippen LogP contribution in [0, 0.1) is 5.82 Å². The fraction of sp³-hybridized carbons (Fsp3) is 0.154. The van der Waals surface area contributed by atoms with Gasteiger partial charge in [-0.2, -0.15) is 0 Å². The summed E-state index contributed by atoms with van der Waals surface area (Å²) in [5.74, 6) is 0.0959. The Hall–Kier alpha value is -1.94. The number of nitrogens with two attached hydrogens (primary N) is 1. The molecule has 0 aliphatic rings. The number of hydrogen-bond donors (Lipinski definition) is 1. The molecule has 0 saturated carbocycles. The van der Waals surface area contributed by atoms with Gasteiger partial charge in [0, 0.05) is 18.3 Å². The summed E-state index contributed by atoms with van der Waals surface area (Å²) < 4.78 is 18.6. The van der Waals surface area contributed by atoms with Gasteiger partial charge < -0.3 is 10.5 Å². The number of pyridine rings is 1. The van der Waals surface area contributed by atoms with Gasteiger partial charge in [0.05, 0.1) is 0 Å². The van der Waals surface area contributed by atoms with Crippen molar-refractivity contribution in [3.63, 3.8) is 0 Å². The fourth-order valence-corrected chi connectivity index (χ4v) is 1.36. The molecule has 4 heteroatoms. The number of ether oxygens (including phenoxy) is 1. The largest absolute Gasteiger partial charge is 0.436 e. The van der Waals surface area contributed by atoms with Gasteiger partial charge in [0.25, 0.3) is 0 Å². The van der Waals surface area contributed by atoms with Crippen molar-refractivity contribution in [1.29, 1.82) is 0 Å². The van der Waals surface area contributed by atoms with Crippen LogP contribution >= 0.6 is 0 Å². The van der Waals surface area contributed by atoms with E-state index in [0.29, 0.717) is 5.88 Å². The molecule has 2 aromatic rings. The summed E-state index contributed by atoms with van der Waals surface area (Å²) in [6, 6.07) is 9.61. The van der Waals surface area contributed by atoms with Crippen LogP contribution in [0.5, 0.6) is 11.6 Å². The first kappa shape index (κ1) is 11.5. The van der Waals surface area contributed by atoms with Crippen molar-refractivity contribution in [3.8, 4) is 11.6 Å². The van der Waals surface area contributed by atoms with Crippen LogP contribution in [0.2, 0.25) is 0 Å². The summed E-state index contributed by atoms with van der Waals surface area (Å²) in [7, 11) is 0. The molecule has 88 valence electrons. The highest BCUT2D eigenvalue weighted by Gasteiger charge is 2.05. The molecule has 0 saturated heterocycles. The van der Waals surface area contributed by atoms with E-state index in [-0.39, 0.29) is 11.8 Å². The molecular formula is C13H13FN2O. The first-order valence-electron chi connectivity index (χ1n) is 5.31. The van der Waals surface area contributed by atoms with Crippen molar-refractivity contribution in [2.75, 3.05) is 0 Å². The Morgan fingerprint density at radius 1 is 1.24 bits per heavy atom. The highest BCUT2D eigenvalue weighted by Crippen LogP contribution is 2.22. The highest BCUT2D eigenvalue weighted by atomic mass is 19.1.